The van der Waals surface area contributed by atoms with Crippen molar-refractivity contribution in [2.45, 2.75) is 31.8 Å². The van der Waals surface area contributed by atoms with Gasteiger partial charge in [-0.2, -0.15) is 9.78 Å². The van der Waals surface area contributed by atoms with Crippen molar-refractivity contribution in [3.63, 3.8) is 0 Å². The van der Waals surface area contributed by atoms with Crippen LogP contribution in [0.3, 0.4) is 0 Å². The third-order valence-electron chi connectivity index (χ3n) is 4.83. The number of amides is 1. The Morgan fingerprint density at radius 1 is 1.11 bits per heavy atom. The van der Waals surface area contributed by atoms with Crippen LogP contribution in [0, 0.1) is 6.92 Å². The minimum absolute atomic E-state index is 0.00907. The van der Waals surface area contributed by atoms with Gasteiger partial charge in [-0.15, -0.1) is 0 Å². The van der Waals surface area contributed by atoms with Gasteiger partial charge in [0.05, 0.1) is 23.3 Å². The van der Waals surface area contributed by atoms with Crippen molar-refractivity contribution < 1.29 is 41.0 Å². The number of anilines is 1. The van der Waals surface area contributed by atoms with Gasteiger partial charge < -0.3 is 15.2 Å². The molecule has 8 nitrogen and oxygen atoms in total. The number of rotatable bonds is 9. The van der Waals surface area contributed by atoms with Gasteiger partial charge in [-0.1, -0.05) is 12.1 Å². The van der Waals surface area contributed by atoms with E-state index in [0.29, 0.717) is 6.07 Å². The molecular weight excluding hydrogens is 498 g/mol. The van der Waals surface area contributed by atoms with E-state index in [1.54, 1.807) is 0 Å². The van der Waals surface area contributed by atoms with Crippen LogP contribution in [-0.2, 0) is 5.60 Å². The molecule has 2 heterocycles. The minimum atomic E-state index is -3.84. The first kappa shape index (κ1) is 26.7. The Kier molecular flexibility index (Phi) is 7.97. The van der Waals surface area contributed by atoms with E-state index in [4.69, 9.17) is 4.74 Å². The predicted molar refractivity (Wildman–Crippen MR) is 114 cm³/mol. The third kappa shape index (κ3) is 5.48. The second-order valence-electron chi connectivity index (χ2n) is 7.40. The highest BCUT2D eigenvalue weighted by atomic mass is 19.3. The van der Waals surface area contributed by atoms with Crippen molar-refractivity contribution >= 4 is 11.6 Å². The van der Waals surface area contributed by atoms with Gasteiger partial charge in [-0.25, -0.2) is 26.3 Å². The number of alkyl halides is 6. The van der Waals surface area contributed by atoms with E-state index in [0.717, 1.165) is 23.0 Å². The number of aliphatic hydroxyl groups is 1. The number of para-hydroxylation sites is 2. The van der Waals surface area contributed by atoms with Crippen LogP contribution in [0.1, 0.15) is 21.7 Å². The Balaban J connectivity index is 1.92. The molecule has 0 spiro atoms. The Morgan fingerprint density at radius 3 is 2.36 bits per heavy atom. The summed E-state index contributed by atoms with van der Waals surface area (Å²) in [6.45, 7) is 0.515. The smallest absolute Gasteiger partial charge is 0.284 e. The first-order valence-electron chi connectivity index (χ1n) is 10.1. The Bertz CT molecular complexity index is 1280. The number of halogens is 6. The average molecular weight is 516 g/mol. The molecular formula is C22H18F6N4O4. The van der Waals surface area contributed by atoms with Crippen LogP contribution in [-0.4, -0.2) is 51.7 Å². The van der Waals surface area contributed by atoms with Crippen LogP contribution in [0.2, 0.25) is 0 Å². The van der Waals surface area contributed by atoms with Gasteiger partial charge in [0.15, 0.2) is 0 Å². The highest BCUT2D eigenvalue weighted by Crippen LogP contribution is 2.33. The summed E-state index contributed by atoms with van der Waals surface area (Å²) in [4.78, 5) is 29.2. The molecule has 0 bridgehead atoms. The summed E-state index contributed by atoms with van der Waals surface area (Å²) in [6.07, 6.45) is -9.70. The average Bonchev–Trinajstić information content (AvgIpc) is 2.83. The molecule has 0 saturated carbocycles. The van der Waals surface area contributed by atoms with Crippen LogP contribution in [0.4, 0.5) is 32.0 Å². The van der Waals surface area contributed by atoms with E-state index in [9.17, 15) is 41.0 Å². The fourth-order valence-electron chi connectivity index (χ4n) is 3.07. The van der Waals surface area contributed by atoms with Crippen LogP contribution < -0.4 is 15.6 Å². The molecule has 0 atom stereocenters. The normalized spacial score (nSPS) is 11.9. The van der Waals surface area contributed by atoms with Crippen molar-refractivity contribution in [1.29, 1.82) is 0 Å². The van der Waals surface area contributed by atoms with E-state index >= 15 is 0 Å². The second kappa shape index (κ2) is 10.8. The molecule has 0 unspecified atom stereocenters. The first-order chi connectivity index (χ1) is 16.9. The van der Waals surface area contributed by atoms with E-state index in [1.807, 2.05) is 0 Å². The summed E-state index contributed by atoms with van der Waals surface area (Å²) in [5, 5.41) is 15.9. The predicted octanol–water partition coefficient (Wildman–Crippen LogP) is 3.55. The number of nitrogens with one attached hydrogen (secondary N) is 1. The maximum Gasteiger partial charge on any atom is 0.284 e. The SMILES string of the molecule is Cc1cc(C(=O)Nc2ccc(C(O)(C(F)F)C(F)F)nc2)c(=O)n(-c2ccccc2OCC(F)F)n1. The topological polar surface area (TPSA) is 106 Å². The Hall–Kier alpha value is -3.94. The zero-order valence-corrected chi connectivity index (χ0v) is 18.3. The zero-order chi connectivity index (χ0) is 26.6. The van der Waals surface area contributed by atoms with Crippen LogP contribution in [0.5, 0.6) is 5.75 Å². The fraction of sp³-hybridized carbons (Fsp3) is 0.273. The highest BCUT2D eigenvalue weighted by molar-refractivity contribution is 6.04. The lowest BCUT2D eigenvalue weighted by Gasteiger charge is -2.25. The molecule has 0 aliphatic heterocycles. The lowest BCUT2D eigenvalue weighted by molar-refractivity contribution is -0.185. The van der Waals surface area contributed by atoms with Gasteiger partial charge in [-0.05, 0) is 37.3 Å². The van der Waals surface area contributed by atoms with Crippen molar-refractivity contribution in [1.82, 2.24) is 14.8 Å². The summed E-state index contributed by atoms with van der Waals surface area (Å²) < 4.78 is 83.0. The number of ether oxygens (including phenoxy) is 1. The number of hydrogen-bond donors (Lipinski definition) is 2. The minimum Gasteiger partial charge on any atom is -0.485 e. The van der Waals surface area contributed by atoms with Gasteiger partial charge in [0.25, 0.3) is 30.7 Å². The summed E-state index contributed by atoms with van der Waals surface area (Å²) in [5.41, 5.74) is -6.18. The van der Waals surface area contributed by atoms with Crippen molar-refractivity contribution in [3.05, 3.63) is 76.0 Å². The van der Waals surface area contributed by atoms with Crippen LogP contribution in [0.15, 0.2) is 53.5 Å². The Labute approximate surface area is 199 Å². The lowest BCUT2D eigenvalue weighted by Crippen LogP contribution is -2.42. The quantitative estimate of drug-likeness (QED) is 0.422. The standard InChI is InChI=1S/C22H18F6N4O4/c1-11-8-13(19(34)32(31-11)14-4-2-3-5-15(14)36-10-17(23)24)18(33)30-12-6-7-16(29-9-12)22(35,20(25)26)21(27)28/h2-9,17,20-21,35H,10H2,1H3,(H,30,33). The summed E-state index contributed by atoms with van der Waals surface area (Å²) >= 11 is 0. The van der Waals surface area contributed by atoms with Gasteiger partial charge in [0.2, 0.25) is 5.60 Å². The molecule has 2 N–H and O–H groups in total. The number of nitrogens with zero attached hydrogens (tertiary/aromatic N) is 3. The van der Waals surface area contributed by atoms with Gasteiger partial charge in [0.1, 0.15) is 23.6 Å². The van der Waals surface area contributed by atoms with E-state index in [-0.39, 0.29) is 22.8 Å². The molecule has 1 aromatic carbocycles. The molecule has 0 aliphatic carbocycles. The number of benzene rings is 1. The van der Waals surface area contributed by atoms with Crippen molar-refractivity contribution in [2.24, 2.45) is 0 Å². The van der Waals surface area contributed by atoms with Gasteiger partial charge in [0, 0.05) is 0 Å². The number of hydrogen-bond acceptors (Lipinski definition) is 6. The number of carbonyl (C=O) groups is 1. The number of carbonyl (C=O) groups excluding carboxylic acids is 1. The highest BCUT2D eigenvalue weighted by Gasteiger charge is 2.50. The zero-order valence-electron chi connectivity index (χ0n) is 18.3. The molecule has 3 rings (SSSR count). The van der Waals surface area contributed by atoms with Gasteiger partial charge in [-0.3, -0.25) is 14.6 Å². The maximum atomic E-state index is 13.0. The fourth-order valence-corrected chi connectivity index (χ4v) is 3.07. The molecule has 0 radical (unpaired) electrons. The number of aromatic nitrogens is 3. The molecule has 192 valence electrons. The van der Waals surface area contributed by atoms with Crippen molar-refractivity contribution in [2.75, 3.05) is 11.9 Å². The molecule has 0 saturated heterocycles. The van der Waals surface area contributed by atoms with E-state index in [1.165, 1.54) is 31.2 Å². The van der Waals surface area contributed by atoms with E-state index in [2.05, 4.69) is 15.4 Å². The second-order valence-corrected chi connectivity index (χ2v) is 7.40. The molecule has 0 fully saturated rings. The van der Waals surface area contributed by atoms with Crippen LogP contribution >= 0.6 is 0 Å². The lowest BCUT2D eigenvalue weighted by atomic mass is 10.0. The van der Waals surface area contributed by atoms with Gasteiger partial charge >= 0.3 is 0 Å². The molecule has 0 aliphatic rings. The summed E-state index contributed by atoms with van der Waals surface area (Å²) in [5.74, 6) is -1.08. The maximum absolute atomic E-state index is 13.0. The monoisotopic (exact) mass is 516 g/mol. The van der Waals surface area contributed by atoms with Crippen LogP contribution in [0.25, 0.3) is 5.69 Å². The molecule has 36 heavy (non-hydrogen) atoms. The van der Waals surface area contributed by atoms with Crippen molar-refractivity contribution in [3.8, 4) is 11.4 Å². The molecule has 3 aromatic rings. The summed E-state index contributed by atoms with van der Waals surface area (Å²) in [7, 11) is 0. The Morgan fingerprint density at radius 2 is 1.78 bits per heavy atom. The number of pyridine rings is 1. The molecule has 1 amide bonds. The first-order valence-corrected chi connectivity index (χ1v) is 10.1. The third-order valence-corrected chi connectivity index (χ3v) is 4.83. The number of aryl methyl sites for hydroxylation is 1. The largest absolute Gasteiger partial charge is 0.485 e. The van der Waals surface area contributed by atoms with E-state index < -0.39 is 54.2 Å². The summed E-state index contributed by atoms with van der Waals surface area (Å²) in [6, 6.07) is 8.45. The molecule has 14 heteroatoms. The molecule has 2 aromatic heterocycles.